The molecule has 0 saturated carbocycles. The highest BCUT2D eigenvalue weighted by atomic mass is 16.2. The molecule has 0 bridgehead atoms. The van der Waals surface area contributed by atoms with Gasteiger partial charge in [0.2, 0.25) is 5.91 Å². The summed E-state index contributed by atoms with van der Waals surface area (Å²) in [6, 6.07) is 22.2. The van der Waals surface area contributed by atoms with Crippen LogP contribution in [0.15, 0.2) is 72.8 Å². The number of benzene rings is 3. The van der Waals surface area contributed by atoms with Crippen LogP contribution in [-0.2, 0) is 4.79 Å². The van der Waals surface area contributed by atoms with Gasteiger partial charge < -0.3 is 16.0 Å². The lowest BCUT2D eigenvalue weighted by Crippen LogP contribution is -2.22. The van der Waals surface area contributed by atoms with E-state index in [2.05, 4.69) is 16.0 Å². The minimum absolute atomic E-state index is 0.128. The Bertz CT molecular complexity index is 984. The van der Waals surface area contributed by atoms with Crippen LogP contribution in [0.4, 0.5) is 17.1 Å². The highest BCUT2D eigenvalue weighted by molar-refractivity contribution is 6.04. The van der Waals surface area contributed by atoms with Gasteiger partial charge in [-0.05, 0) is 55.8 Å². The van der Waals surface area contributed by atoms with Crippen LogP contribution in [0.5, 0.6) is 0 Å². The van der Waals surface area contributed by atoms with E-state index >= 15 is 0 Å². The van der Waals surface area contributed by atoms with Crippen LogP contribution in [-0.4, -0.2) is 18.4 Å². The van der Waals surface area contributed by atoms with E-state index in [4.69, 9.17) is 0 Å². The molecule has 0 aliphatic heterocycles. The molecule has 3 N–H and O–H groups in total. The summed E-state index contributed by atoms with van der Waals surface area (Å²) >= 11 is 0. The molecule has 3 aromatic carbocycles. The fraction of sp³-hybridized carbons (Fsp3) is 0.130. The predicted octanol–water partition coefficient (Wildman–Crippen LogP) is 4.61. The monoisotopic (exact) mass is 373 g/mol. The molecule has 3 aromatic rings. The maximum Gasteiger partial charge on any atom is 0.255 e. The highest BCUT2D eigenvalue weighted by Crippen LogP contribution is 2.17. The van der Waals surface area contributed by atoms with Gasteiger partial charge >= 0.3 is 0 Å². The van der Waals surface area contributed by atoms with Crippen molar-refractivity contribution in [1.82, 2.24) is 0 Å². The molecule has 0 aliphatic carbocycles. The first kappa shape index (κ1) is 19.2. The Kier molecular flexibility index (Phi) is 6.07. The largest absolute Gasteiger partial charge is 0.376 e. The Hall–Kier alpha value is -3.60. The maximum absolute atomic E-state index is 12.3. The van der Waals surface area contributed by atoms with Crippen LogP contribution in [0.25, 0.3) is 0 Å². The Labute approximate surface area is 164 Å². The van der Waals surface area contributed by atoms with Crippen molar-refractivity contribution in [2.75, 3.05) is 22.5 Å². The zero-order valence-electron chi connectivity index (χ0n) is 16.0. The molecule has 5 nitrogen and oxygen atoms in total. The van der Waals surface area contributed by atoms with Gasteiger partial charge in [0.25, 0.3) is 5.91 Å². The summed E-state index contributed by atoms with van der Waals surface area (Å²) in [5, 5.41) is 8.85. The van der Waals surface area contributed by atoms with Crippen molar-refractivity contribution in [3.63, 3.8) is 0 Å². The molecule has 2 amide bonds. The Balaban J connectivity index is 1.57. The summed E-state index contributed by atoms with van der Waals surface area (Å²) in [7, 11) is 0. The fourth-order valence-electron chi connectivity index (χ4n) is 2.83. The summed E-state index contributed by atoms with van der Waals surface area (Å²) in [5.74, 6) is -0.309. The SMILES string of the molecule is Cc1ccc(NC(=O)CNc2cccc(NC(=O)c3ccccc3)c2)c(C)c1. The van der Waals surface area contributed by atoms with E-state index in [1.54, 1.807) is 18.2 Å². The van der Waals surface area contributed by atoms with Gasteiger partial charge in [0.15, 0.2) is 0 Å². The zero-order valence-corrected chi connectivity index (χ0v) is 16.0. The first-order valence-corrected chi connectivity index (χ1v) is 9.09. The molecule has 0 spiro atoms. The van der Waals surface area contributed by atoms with E-state index in [0.717, 1.165) is 22.5 Å². The summed E-state index contributed by atoms with van der Waals surface area (Å²) in [6.07, 6.45) is 0. The topological polar surface area (TPSA) is 70.2 Å². The molecule has 0 radical (unpaired) electrons. The van der Waals surface area contributed by atoms with E-state index in [0.29, 0.717) is 11.3 Å². The quantitative estimate of drug-likeness (QED) is 0.591. The van der Waals surface area contributed by atoms with Gasteiger partial charge in [-0.15, -0.1) is 0 Å². The standard InChI is InChI=1S/C23H23N3O2/c1-16-11-12-21(17(2)13-16)26-22(27)15-24-19-9-6-10-20(14-19)25-23(28)18-7-4-3-5-8-18/h3-14,24H,15H2,1-2H3,(H,25,28)(H,26,27). The number of carbonyl (C=O) groups is 2. The van der Waals surface area contributed by atoms with Gasteiger partial charge in [-0.3, -0.25) is 9.59 Å². The van der Waals surface area contributed by atoms with Crippen LogP contribution in [0.2, 0.25) is 0 Å². The number of hydrogen-bond acceptors (Lipinski definition) is 3. The van der Waals surface area contributed by atoms with Crippen LogP contribution in [0.1, 0.15) is 21.5 Å². The number of amides is 2. The van der Waals surface area contributed by atoms with Gasteiger partial charge in [0, 0.05) is 22.6 Å². The molecule has 0 saturated heterocycles. The van der Waals surface area contributed by atoms with E-state index < -0.39 is 0 Å². The molecule has 0 aromatic heterocycles. The van der Waals surface area contributed by atoms with Crippen LogP contribution in [0, 0.1) is 13.8 Å². The third-order valence-corrected chi connectivity index (χ3v) is 4.27. The first-order valence-electron chi connectivity index (χ1n) is 9.09. The molecule has 0 fully saturated rings. The van der Waals surface area contributed by atoms with E-state index in [-0.39, 0.29) is 18.4 Å². The normalized spacial score (nSPS) is 10.2. The number of carbonyl (C=O) groups excluding carboxylic acids is 2. The van der Waals surface area contributed by atoms with Crippen LogP contribution in [0.3, 0.4) is 0 Å². The molecule has 5 heteroatoms. The van der Waals surface area contributed by atoms with Crippen molar-refractivity contribution in [2.45, 2.75) is 13.8 Å². The molecule has 0 aliphatic rings. The van der Waals surface area contributed by atoms with Gasteiger partial charge in [-0.25, -0.2) is 0 Å². The number of rotatable bonds is 6. The molecule has 0 heterocycles. The fourth-order valence-corrected chi connectivity index (χ4v) is 2.83. The van der Waals surface area contributed by atoms with Crippen LogP contribution < -0.4 is 16.0 Å². The minimum Gasteiger partial charge on any atom is -0.376 e. The lowest BCUT2D eigenvalue weighted by molar-refractivity contribution is -0.114. The molecule has 28 heavy (non-hydrogen) atoms. The van der Waals surface area contributed by atoms with Crippen molar-refractivity contribution < 1.29 is 9.59 Å². The number of hydrogen-bond donors (Lipinski definition) is 3. The molecular formula is C23H23N3O2. The molecule has 142 valence electrons. The second-order valence-corrected chi connectivity index (χ2v) is 6.62. The van der Waals surface area contributed by atoms with Gasteiger partial charge in [0.05, 0.1) is 6.54 Å². The van der Waals surface area contributed by atoms with E-state index in [1.807, 2.05) is 68.4 Å². The summed E-state index contributed by atoms with van der Waals surface area (Å²) < 4.78 is 0. The van der Waals surface area contributed by atoms with Crippen molar-refractivity contribution >= 4 is 28.9 Å². The Morgan fingerprint density at radius 1 is 0.786 bits per heavy atom. The number of aryl methyl sites for hydroxylation is 2. The first-order chi connectivity index (χ1) is 13.5. The Morgan fingerprint density at radius 3 is 2.29 bits per heavy atom. The zero-order chi connectivity index (χ0) is 19.9. The van der Waals surface area contributed by atoms with Gasteiger partial charge in [0.1, 0.15) is 0 Å². The third kappa shape index (κ3) is 5.20. The minimum atomic E-state index is -0.176. The molecular weight excluding hydrogens is 350 g/mol. The molecule has 0 atom stereocenters. The second kappa shape index (κ2) is 8.86. The van der Waals surface area contributed by atoms with E-state index in [1.165, 1.54) is 0 Å². The summed E-state index contributed by atoms with van der Waals surface area (Å²) in [5.41, 5.74) is 4.99. The number of anilines is 3. The van der Waals surface area contributed by atoms with Crippen molar-refractivity contribution in [3.8, 4) is 0 Å². The Morgan fingerprint density at radius 2 is 1.54 bits per heavy atom. The molecule has 0 unspecified atom stereocenters. The average molecular weight is 373 g/mol. The van der Waals surface area contributed by atoms with E-state index in [9.17, 15) is 9.59 Å². The smallest absolute Gasteiger partial charge is 0.255 e. The van der Waals surface area contributed by atoms with Crippen molar-refractivity contribution in [3.05, 3.63) is 89.5 Å². The van der Waals surface area contributed by atoms with Crippen molar-refractivity contribution in [2.24, 2.45) is 0 Å². The predicted molar refractivity (Wildman–Crippen MR) is 114 cm³/mol. The third-order valence-electron chi connectivity index (χ3n) is 4.27. The molecule has 3 rings (SSSR count). The highest BCUT2D eigenvalue weighted by Gasteiger charge is 2.07. The van der Waals surface area contributed by atoms with Gasteiger partial charge in [-0.1, -0.05) is 42.0 Å². The summed E-state index contributed by atoms with van der Waals surface area (Å²) in [4.78, 5) is 24.5. The summed E-state index contributed by atoms with van der Waals surface area (Å²) in [6.45, 7) is 4.11. The maximum atomic E-state index is 12.3. The van der Waals surface area contributed by atoms with Crippen LogP contribution >= 0.6 is 0 Å². The van der Waals surface area contributed by atoms with Gasteiger partial charge in [-0.2, -0.15) is 0 Å². The lowest BCUT2D eigenvalue weighted by Gasteiger charge is -2.11. The lowest BCUT2D eigenvalue weighted by atomic mass is 10.1. The van der Waals surface area contributed by atoms with Crippen molar-refractivity contribution in [1.29, 1.82) is 0 Å². The number of nitrogens with one attached hydrogen (secondary N) is 3. The average Bonchev–Trinajstić information content (AvgIpc) is 2.69. The second-order valence-electron chi connectivity index (χ2n) is 6.62.